The molecule has 0 bridgehead atoms. The summed E-state index contributed by atoms with van der Waals surface area (Å²) in [7, 11) is 0. The van der Waals surface area contributed by atoms with E-state index < -0.39 is 0 Å². The van der Waals surface area contributed by atoms with Crippen molar-refractivity contribution < 1.29 is 4.74 Å². The molecule has 3 heteroatoms. The molecule has 17 heavy (non-hydrogen) atoms. The van der Waals surface area contributed by atoms with Gasteiger partial charge in [-0.1, -0.05) is 12.1 Å². The third kappa shape index (κ3) is 2.99. The second kappa shape index (κ2) is 4.67. The predicted molar refractivity (Wildman–Crippen MR) is 71.4 cm³/mol. The van der Waals surface area contributed by atoms with E-state index >= 15 is 0 Å². The van der Waals surface area contributed by atoms with Crippen molar-refractivity contribution in [2.45, 2.75) is 32.5 Å². The first-order valence-electron chi connectivity index (χ1n) is 6.20. The van der Waals surface area contributed by atoms with E-state index in [0.717, 1.165) is 13.1 Å². The van der Waals surface area contributed by atoms with Crippen molar-refractivity contribution in [3.8, 4) is 0 Å². The van der Waals surface area contributed by atoms with Crippen LogP contribution < -0.4 is 10.6 Å². The maximum atomic E-state index is 5.94. The average Bonchev–Trinajstić information content (AvgIpc) is 2.27. The van der Waals surface area contributed by atoms with Crippen LogP contribution in [0.5, 0.6) is 0 Å². The number of nitrogens with zero attached hydrogens (tertiary/aromatic N) is 1. The Balaban J connectivity index is 2.20. The Bertz CT molecular complexity index is 390. The van der Waals surface area contributed by atoms with Crippen LogP contribution in [0.4, 0.5) is 5.69 Å². The van der Waals surface area contributed by atoms with E-state index in [1.54, 1.807) is 0 Å². The molecule has 0 saturated carbocycles. The summed E-state index contributed by atoms with van der Waals surface area (Å²) in [5.74, 6) is 0. The molecular formula is C14H22N2O. The van der Waals surface area contributed by atoms with Crippen molar-refractivity contribution in [1.82, 2.24) is 0 Å². The average molecular weight is 234 g/mol. The van der Waals surface area contributed by atoms with Crippen molar-refractivity contribution in [3.05, 3.63) is 29.8 Å². The lowest BCUT2D eigenvalue weighted by atomic mass is 10.0. The Labute approximate surface area is 104 Å². The number of anilines is 1. The van der Waals surface area contributed by atoms with E-state index in [-0.39, 0.29) is 11.7 Å². The third-order valence-corrected chi connectivity index (χ3v) is 3.11. The lowest BCUT2D eigenvalue weighted by Gasteiger charge is -2.43. The Morgan fingerprint density at radius 2 is 2.24 bits per heavy atom. The van der Waals surface area contributed by atoms with E-state index in [0.29, 0.717) is 6.54 Å². The fraction of sp³-hybridized carbons (Fsp3) is 0.571. The standard InChI is InChI=1S/C14H22N2O/c1-11-5-4-6-12(7-11)16-9-13(8-15)17-14(2,3)10-16/h4-7,13H,8-10,15H2,1-3H3. The van der Waals surface area contributed by atoms with E-state index in [9.17, 15) is 0 Å². The highest BCUT2D eigenvalue weighted by Crippen LogP contribution is 2.26. The second-order valence-corrected chi connectivity index (χ2v) is 5.45. The number of rotatable bonds is 2. The van der Waals surface area contributed by atoms with Gasteiger partial charge in [-0.3, -0.25) is 0 Å². The normalized spacial score (nSPS) is 23.8. The highest BCUT2D eigenvalue weighted by atomic mass is 16.5. The van der Waals surface area contributed by atoms with Crippen molar-refractivity contribution >= 4 is 5.69 Å². The fourth-order valence-electron chi connectivity index (χ4n) is 2.44. The third-order valence-electron chi connectivity index (χ3n) is 3.11. The van der Waals surface area contributed by atoms with E-state index in [1.807, 2.05) is 0 Å². The zero-order valence-electron chi connectivity index (χ0n) is 10.9. The minimum Gasteiger partial charge on any atom is -0.367 e. The number of morpholine rings is 1. The van der Waals surface area contributed by atoms with Crippen molar-refractivity contribution in [1.29, 1.82) is 0 Å². The van der Waals surface area contributed by atoms with Gasteiger partial charge in [-0.05, 0) is 38.5 Å². The van der Waals surface area contributed by atoms with E-state index in [2.05, 4.69) is 49.9 Å². The summed E-state index contributed by atoms with van der Waals surface area (Å²) in [5.41, 5.74) is 8.16. The highest BCUT2D eigenvalue weighted by Gasteiger charge is 2.32. The number of hydrogen-bond donors (Lipinski definition) is 1. The smallest absolute Gasteiger partial charge is 0.0879 e. The van der Waals surface area contributed by atoms with Crippen molar-refractivity contribution in [2.24, 2.45) is 5.73 Å². The second-order valence-electron chi connectivity index (χ2n) is 5.45. The summed E-state index contributed by atoms with van der Waals surface area (Å²) in [6.07, 6.45) is 0.124. The van der Waals surface area contributed by atoms with Gasteiger partial charge in [-0.25, -0.2) is 0 Å². The molecule has 94 valence electrons. The molecule has 2 N–H and O–H groups in total. The number of aryl methyl sites for hydroxylation is 1. The molecule has 0 aromatic heterocycles. The summed E-state index contributed by atoms with van der Waals surface area (Å²) in [6.45, 7) is 8.73. The molecule has 1 atom stereocenters. The summed E-state index contributed by atoms with van der Waals surface area (Å²) >= 11 is 0. The topological polar surface area (TPSA) is 38.5 Å². The molecule has 1 fully saturated rings. The molecular weight excluding hydrogens is 212 g/mol. The predicted octanol–water partition coefficient (Wildman–Crippen LogP) is 1.94. The fourth-order valence-corrected chi connectivity index (χ4v) is 2.44. The van der Waals surface area contributed by atoms with Crippen LogP contribution in [0, 0.1) is 6.92 Å². The van der Waals surface area contributed by atoms with Gasteiger partial charge in [0.15, 0.2) is 0 Å². The molecule has 1 unspecified atom stereocenters. The SMILES string of the molecule is Cc1cccc(N2CC(CN)OC(C)(C)C2)c1. The number of benzene rings is 1. The van der Waals surface area contributed by atoms with Crippen LogP contribution in [-0.4, -0.2) is 31.3 Å². The minimum absolute atomic E-state index is 0.124. The Morgan fingerprint density at radius 3 is 2.88 bits per heavy atom. The lowest BCUT2D eigenvalue weighted by Crippen LogP contribution is -2.54. The van der Waals surface area contributed by atoms with Crippen LogP contribution in [0.25, 0.3) is 0 Å². The molecule has 3 nitrogen and oxygen atoms in total. The molecule has 2 rings (SSSR count). The summed E-state index contributed by atoms with van der Waals surface area (Å²) < 4.78 is 5.94. The Hall–Kier alpha value is -1.06. The Morgan fingerprint density at radius 1 is 1.47 bits per heavy atom. The van der Waals surface area contributed by atoms with E-state index in [4.69, 9.17) is 10.5 Å². The van der Waals surface area contributed by atoms with Gasteiger partial charge in [0, 0.05) is 25.3 Å². The molecule has 1 heterocycles. The maximum absolute atomic E-state index is 5.94. The van der Waals surface area contributed by atoms with Gasteiger partial charge in [0.1, 0.15) is 0 Å². The molecule has 1 aliphatic rings. The van der Waals surface area contributed by atoms with Gasteiger partial charge in [0.25, 0.3) is 0 Å². The molecule has 0 aliphatic carbocycles. The van der Waals surface area contributed by atoms with Crippen LogP contribution in [0.2, 0.25) is 0 Å². The quantitative estimate of drug-likeness (QED) is 0.850. The van der Waals surface area contributed by atoms with Gasteiger partial charge in [-0.15, -0.1) is 0 Å². The van der Waals surface area contributed by atoms with E-state index in [1.165, 1.54) is 11.3 Å². The molecule has 1 aliphatic heterocycles. The van der Waals surface area contributed by atoms with Gasteiger partial charge in [0.05, 0.1) is 11.7 Å². The van der Waals surface area contributed by atoms with Gasteiger partial charge < -0.3 is 15.4 Å². The molecule has 1 saturated heterocycles. The molecule has 1 aromatic rings. The number of nitrogens with two attached hydrogens (primary N) is 1. The minimum atomic E-state index is -0.133. The van der Waals surface area contributed by atoms with Gasteiger partial charge in [-0.2, -0.15) is 0 Å². The summed E-state index contributed by atoms with van der Waals surface area (Å²) in [5, 5.41) is 0. The van der Waals surface area contributed by atoms with Crippen LogP contribution in [0.15, 0.2) is 24.3 Å². The number of ether oxygens (including phenoxy) is 1. The molecule has 1 aromatic carbocycles. The summed E-state index contributed by atoms with van der Waals surface area (Å²) in [6, 6.07) is 8.59. The molecule has 0 spiro atoms. The van der Waals surface area contributed by atoms with Crippen LogP contribution in [0.3, 0.4) is 0 Å². The Kier molecular flexibility index (Phi) is 3.40. The number of hydrogen-bond acceptors (Lipinski definition) is 3. The maximum Gasteiger partial charge on any atom is 0.0879 e. The lowest BCUT2D eigenvalue weighted by molar-refractivity contribution is -0.0788. The largest absolute Gasteiger partial charge is 0.367 e. The first kappa shape index (κ1) is 12.4. The van der Waals surface area contributed by atoms with Gasteiger partial charge >= 0.3 is 0 Å². The zero-order chi connectivity index (χ0) is 12.5. The highest BCUT2D eigenvalue weighted by molar-refractivity contribution is 5.49. The van der Waals surface area contributed by atoms with Crippen LogP contribution in [0.1, 0.15) is 19.4 Å². The summed E-state index contributed by atoms with van der Waals surface area (Å²) in [4.78, 5) is 2.37. The first-order valence-corrected chi connectivity index (χ1v) is 6.20. The van der Waals surface area contributed by atoms with Gasteiger partial charge in [0.2, 0.25) is 0 Å². The molecule has 0 amide bonds. The van der Waals surface area contributed by atoms with Crippen molar-refractivity contribution in [3.63, 3.8) is 0 Å². The van der Waals surface area contributed by atoms with Crippen LogP contribution in [-0.2, 0) is 4.74 Å². The van der Waals surface area contributed by atoms with Crippen LogP contribution >= 0.6 is 0 Å². The molecule has 0 radical (unpaired) electrons. The monoisotopic (exact) mass is 234 g/mol. The van der Waals surface area contributed by atoms with Crippen molar-refractivity contribution in [2.75, 3.05) is 24.5 Å². The zero-order valence-corrected chi connectivity index (χ0v) is 10.9. The first-order chi connectivity index (χ1) is 8.00.